The molecule has 2 aromatic carbocycles. The van der Waals surface area contributed by atoms with E-state index in [2.05, 4.69) is 18.7 Å². The van der Waals surface area contributed by atoms with Crippen LogP contribution in [0.2, 0.25) is 0 Å². The number of nitrogens with zero attached hydrogens (tertiary/aromatic N) is 3. The minimum Gasteiger partial charge on any atom is -0.433 e. The molecule has 7 nitrogen and oxygen atoms in total. The number of hydrogen-bond donors (Lipinski definition) is 0. The smallest absolute Gasteiger partial charge is 0.316 e. The molecule has 0 unspecified atom stereocenters. The molecule has 3 rings (SSSR count). The molecular formula is C20H26N3O4P. The van der Waals surface area contributed by atoms with E-state index in [4.69, 9.17) is 4.52 Å². The normalized spacial score (nSPS) is 17.4. The molecule has 1 fully saturated rings. The molecule has 0 N–H and O–H groups in total. The van der Waals surface area contributed by atoms with Crippen molar-refractivity contribution in [3.8, 4) is 5.75 Å². The van der Waals surface area contributed by atoms with Crippen LogP contribution in [0.5, 0.6) is 5.75 Å². The van der Waals surface area contributed by atoms with Gasteiger partial charge in [0.05, 0.1) is 4.92 Å². The van der Waals surface area contributed by atoms with Crippen LogP contribution in [-0.2, 0) is 4.57 Å². The zero-order valence-electron chi connectivity index (χ0n) is 16.4. The molecule has 8 heteroatoms. The van der Waals surface area contributed by atoms with Gasteiger partial charge in [-0.2, -0.15) is 0 Å². The Balaban J connectivity index is 1.59. The molecule has 150 valence electrons. The summed E-state index contributed by atoms with van der Waals surface area (Å²) in [6.07, 6.45) is 0. The van der Waals surface area contributed by atoms with Gasteiger partial charge in [0, 0.05) is 50.7 Å². The molecule has 1 atom stereocenters. The van der Waals surface area contributed by atoms with Crippen molar-refractivity contribution in [3.05, 3.63) is 64.2 Å². The predicted octanol–water partition coefficient (Wildman–Crippen LogP) is 4.74. The second-order valence-electron chi connectivity index (χ2n) is 7.33. The Morgan fingerprint density at radius 1 is 1.00 bits per heavy atom. The third kappa shape index (κ3) is 4.72. The van der Waals surface area contributed by atoms with Gasteiger partial charge in [0.2, 0.25) is 0 Å². The van der Waals surface area contributed by atoms with E-state index in [1.54, 1.807) is 18.8 Å². The quantitative estimate of drug-likeness (QED) is 0.394. The van der Waals surface area contributed by atoms with Crippen molar-refractivity contribution in [2.24, 2.45) is 0 Å². The fourth-order valence-corrected chi connectivity index (χ4v) is 4.80. The van der Waals surface area contributed by atoms with Crippen molar-refractivity contribution in [2.75, 3.05) is 37.7 Å². The molecule has 28 heavy (non-hydrogen) atoms. The zero-order chi connectivity index (χ0) is 20.3. The minimum atomic E-state index is -2.95. The van der Waals surface area contributed by atoms with Crippen LogP contribution in [0.4, 0.5) is 11.4 Å². The van der Waals surface area contributed by atoms with E-state index >= 15 is 0 Å². The summed E-state index contributed by atoms with van der Waals surface area (Å²) in [5.74, 6) is 1.06. The van der Waals surface area contributed by atoms with Crippen LogP contribution in [0, 0.1) is 10.1 Å². The second kappa shape index (κ2) is 8.33. The van der Waals surface area contributed by atoms with Gasteiger partial charge in [-0.1, -0.05) is 26.0 Å². The average Bonchev–Trinajstić information content (AvgIpc) is 2.68. The van der Waals surface area contributed by atoms with Gasteiger partial charge < -0.3 is 9.42 Å². The number of hydrogen-bond acceptors (Lipinski definition) is 5. The molecule has 2 aromatic rings. The molecule has 0 aliphatic carbocycles. The van der Waals surface area contributed by atoms with Crippen LogP contribution in [0.15, 0.2) is 48.5 Å². The van der Waals surface area contributed by atoms with Gasteiger partial charge in [0.25, 0.3) is 5.69 Å². The Labute approximate surface area is 165 Å². The first kappa shape index (κ1) is 20.4. The minimum absolute atomic E-state index is 0.0809. The average molecular weight is 403 g/mol. The van der Waals surface area contributed by atoms with Gasteiger partial charge >= 0.3 is 7.52 Å². The van der Waals surface area contributed by atoms with Gasteiger partial charge in [-0.25, -0.2) is 4.67 Å². The third-order valence-corrected chi connectivity index (χ3v) is 6.99. The van der Waals surface area contributed by atoms with Crippen LogP contribution in [0.1, 0.15) is 25.3 Å². The lowest BCUT2D eigenvalue weighted by atomic mass is 10.0. The lowest BCUT2D eigenvalue weighted by Gasteiger charge is -2.38. The second-order valence-corrected chi connectivity index (χ2v) is 9.69. The monoisotopic (exact) mass is 403 g/mol. The molecule has 0 saturated carbocycles. The molecular weight excluding hydrogens is 377 g/mol. The van der Waals surface area contributed by atoms with Crippen LogP contribution >= 0.6 is 7.52 Å². The number of nitro benzene ring substituents is 1. The van der Waals surface area contributed by atoms with Gasteiger partial charge in [-0.05, 0) is 35.7 Å². The fourth-order valence-electron chi connectivity index (χ4n) is 3.27. The first-order valence-electron chi connectivity index (χ1n) is 9.38. The lowest BCUT2D eigenvalue weighted by Crippen LogP contribution is -2.45. The number of non-ortho nitro benzene ring substituents is 1. The highest BCUT2D eigenvalue weighted by molar-refractivity contribution is 7.56. The summed E-state index contributed by atoms with van der Waals surface area (Å²) in [5, 5.41) is 10.8. The van der Waals surface area contributed by atoms with Crippen LogP contribution < -0.4 is 9.42 Å². The summed E-state index contributed by atoms with van der Waals surface area (Å²) in [7, 11) is -2.95. The van der Waals surface area contributed by atoms with Crippen molar-refractivity contribution < 1.29 is 14.0 Å². The van der Waals surface area contributed by atoms with Crippen molar-refractivity contribution in [1.82, 2.24) is 4.67 Å². The molecule has 0 radical (unpaired) electrons. The van der Waals surface area contributed by atoms with E-state index in [9.17, 15) is 14.7 Å². The first-order valence-corrected chi connectivity index (χ1v) is 11.4. The highest BCUT2D eigenvalue weighted by Gasteiger charge is 2.31. The summed E-state index contributed by atoms with van der Waals surface area (Å²) in [6, 6.07) is 14.3. The maximum Gasteiger partial charge on any atom is 0.316 e. The number of benzene rings is 2. The zero-order valence-corrected chi connectivity index (χ0v) is 17.3. The Bertz CT molecular complexity index is 860. The Morgan fingerprint density at radius 3 is 2.07 bits per heavy atom. The maximum absolute atomic E-state index is 13.1. The van der Waals surface area contributed by atoms with Crippen molar-refractivity contribution in [2.45, 2.75) is 19.8 Å². The summed E-state index contributed by atoms with van der Waals surface area (Å²) < 4.78 is 20.9. The molecule has 1 heterocycles. The third-order valence-electron chi connectivity index (χ3n) is 5.02. The Kier molecular flexibility index (Phi) is 6.06. The van der Waals surface area contributed by atoms with E-state index in [1.165, 1.54) is 17.7 Å². The van der Waals surface area contributed by atoms with Gasteiger partial charge in [-0.15, -0.1) is 0 Å². The largest absolute Gasteiger partial charge is 0.433 e. The molecule has 0 amide bonds. The molecule has 1 saturated heterocycles. The summed E-state index contributed by atoms with van der Waals surface area (Å²) in [4.78, 5) is 12.5. The van der Waals surface area contributed by atoms with Crippen molar-refractivity contribution in [1.29, 1.82) is 0 Å². The number of piperazine rings is 1. The number of anilines is 1. The standard InChI is InChI=1S/C20H26N3O4P/c1-16(2)17-4-10-20(11-5-17)27-28(3,26)22-14-12-21(13-15-22)18-6-8-19(9-7-18)23(24)25/h4-11,16H,12-15H2,1-3H3/t28-/m0/s1. The van der Waals surface area contributed by atoms with E-state index in [1.807, 2.05) is 28.9 Å². The maximum atomic E-state index is 13.1. The van der Waals surface area contributed by atoms with Crippen LogP contribution in [0.3, 0.4) is 0 Å². The molecule has 1 aliphatic rings. The highest BCUT2D eigenvalue weighted by Crippen LogP contribution is 2.47. The van der Waals surface area contributed by atoms with Gasteiger partial charge in [-0.3, -0.25) is 14.7 Å². The van der Waals surface area contributed by atoms with Gasteiger partial charge in [0.1, 0.15) is 5.75 Å². The molecule has 0 spiro atoms. The predicted molar refractivity (Wildman–Crippen MR) is 112 cm³/mol. The topological polar surface area (TPSA) is 75.9 Å². The number of rotatable bonds is 6. The Hall–Kier alpha value is -2.37. The highest BCUT2D eigenvalue weighted by atomic mass is 31.2. The molecule has 0 aromatic heterocycles. The fraction of sp³-hybridized carbons (Fsp3) is 0.400. The summed E-state index contributed by atoms with van der Waals surface area (Å²) >= 11 is 0. The van der Waals surface area contributed by atoms with E-state index in [0.717, 1.165) is 5.69 Å². The number of nitro groups is 1. The van der Waals surface area contributed by atoms with Crippen LogP contribution in [-0.4, -0.2) is 42.4 Å². The van der Waals surface area contributed by atoms with E-state index in [0.29, 0.717) is 37.8 Å². The summed E-state index contributed by atoms with van der Waals surface area (Å²) in [6.45, 7) is 8.50. The van der Waals surface area contributed by atoms with Crippen molar-refractivity contribution in [3.63, 3.8) is 0 Å². The van der Waals surface area contributed by atoms with Crippen LogP contribution in [0.25, 0.3) is 0 Å². The summed E-state index contributed by atoms with van der Waals surface area (Å²) in [5.41, 5.74) is 2.23. The SMILES string of the molecule is CC(C)c1ccc(O[P@](C)(=O)N2CCN(c3ccc([N+](=O)[O-])cc3)CC2)cc1. The molecule has 1 aliphatic heterocycles. The Morgan fingerprint density at radius 2 is 1.57 bits per heavy atom. The first-order chi connectivity index (χ1) is 13.3. The lowest BCUT2D eigenvalue weighted by molar-refractivity contribution is -0.384. The van der Waals surface area contributed by atoms with E-state index in [-0.39, 0.29) is 5.69 Å². The van der Waals surface area contributed by atoms with E-state index < -0.39 is 12.4 Å². The van der Waals surface area contributed by atoms with Crippen molar-refractivity contribution >= 4 is 18.9 Å². The van der Waals surface area contributed by atoms with Gasteiger partial charge in [0.15, 0.2) is 0 Å². The molecule has 0 bridgehead atoms.